The normalized spacial score (nSPS) is 39.3. The third-order valence-electron chi connectivity index (χ3n) is 16.3. The summed E-state index contributed by atoms with van der Waals surface area (Å²) in [6, 6.07) is 0.454. The van der Waals surface area contributed by atoms with Crippen molar-refractivity contribution < 1.29 is 28.5 Å². The third-order valence-corrected chi connectivity index (χ3v) is 16.3. The molecule has 5 aliphatic rings. The largest absolute Gasteiger partial charge is 0.481 e. The first-order chi connectivity index (χ1) is 23.7. The quantitative estimate of drug-likeness (QED) is 0.151. The second kappa shape index (κ2) is 14.5. The standard InChI is InChI=1S/C42H70BFN2O5/c1-27(2)36-30(47)26-42(22-23-46(28(3)4)25-24-45(10)11)21-20-39(6)29(37(36)42)12-13-31-38(5)18-17-33(51-35(50)15-14-34(48)49)41(8,43(9)44)32(38)16-19-40(31,39)7/h27-29,31-33H,12-26H2,1-11H3,(H,48,49)/t29-,31?,32?,33+,38-,39-,40-,41?,42-/m1/s1. The number of rotatable bonds is 13. The van der Waals surface area contributed by atoms with Crippen LogP contribution in [0, 0.1) is 45.3 Å². The molecule has 0 radical (unpaired) electrons. The second-order valence-electron chi connectivity index (χ2n) is 19.6. The number of hydrogen-bond donors (Lipinski definition) is 1. The molecule has 4 saturated carbocycles. The maximum absolute atomic E-state index is 16.1. The number of ether oxygens (including phenoxy) is 1. The Hall–Kier alpha value is -1.74. The summed E-state index contributed by atoms with van der Waals surface area (Å²) in [6.07, 6.45) is 8.38. The van der Waals surface area contributed by atoms with Crippen molar-refractivity contribution in [3.05, 3.63) is 11.1 Å². The number of Topliss-reactive ketones (excluding diaryl/α,β-unsaturated/α-hetero) is 1. The molecule has 5 rings (SSSR count). The first-order valence-corrected chi connectivity index (χ1v) is 20.4. The van der Waals surface area contributed by atoms with Crippen molar-refractivity contribution in [2.24, 2.45) is 45.3 Å². The van der Waals surface area contributed by atoms with E-state index < -0.39 is 30.3 Å². The van der Waals surface area contributed by atoms with E-state index in [1.165, 1.54) is 5.57 Å². The lowest BCUT2D eigenvalue weighted by atomic mass is 9.28. The lowest BCUT2D eigenvalue weighted by molar-refractivity contribution is -0.213. The average molecular weight is 713 g/mol. The molecular formula is C42H70BFN2O5. The second-order valence-corrected chi connectivity index (χ2v) is 19.6. The highest BCUT2D eigenvalue weighted by Gasteiger charge is 2.71. The minimum atomic E-state index is -1.17. The first-order valence-electron chi connectivity index (χ1n) is 20.4. The van der Waals surface area contributed by atoms with E-state index in [2.05, 4.69) is 72.4 Å². The van der Waals surface area contributed by atoms with Crippen LogP contribution >= 0.6 is 0 Å². The molecule has 9 atom stereocenters. The van der Waals surface area contributed by atoms with Crippen molar-refractivity contribution in [1.82, 2.24) is 9.80 Å². The van der Waals surface area contributed by atoms with E-state index in [1.807, 2.05) is 6.92 Å². The smallest absolute Gasteiger partial charge is 0.355 e. The van der Waals surface area contributed by atoms with Gasteiger partial charge in [-0.2, -0.15) is 0 Å². The SMILES string of the molecule is CB(F)C1(C)C2CC[C@]3(C)C(CC[C@@H]4C5=C(C(C)C)C(=O)C[C@]5(CCN(CCN(C)C)C(C)C)CC[C@]43C)[C@@]2(C)CC[C@@H]1OC(=O)CCC(=O)O. The van der Waals surface area contributed by atoms with Crippen molar-refractivity contribution in [3.63, 3.8) is 0 Å². The number of fused-ring (bicyclic) bond motifs is 7. The Morgan fingerprint density at radius 1 is 0.902 bits per heavy atom. The zero-order chi connectivity index (χ0) is 37.9. The number of ketones is 1. The summed E-state index contributed by atoms with van der Waals surface area (Å²) in [7, 11) is 4.28. The molecule has 5 aliphatic carbocycles. The van der Waals surface area contributed by atoms with E-state index >= 15 is 4.32 Å². The zero-order valence-electron chi connectivity index (χ0n) is 34.0. The minimum Gasteiger partial charge on any atom is -0.481 e. The molecule has 1 N–H and O–H groups in total. The van der Waals surface area contributed by atoms with E-state index in [0.717, 1.165) is 76.6 Å². The van der Waals surface area contributed by atoms with Gasteiger partial charge in [0.2, 0.25) is 0 Å². The Morgan fingerprint density at radius 3 is 2.18 bits per heavy atom. The van der Waals surface area contributed by atoms with Gasteiger partial charge in [0.25, 0.3) is 0 Å². The molecule has 0 aromatic rings. The van der Waals surface area contributed by atoms with Gasteiger partial charge in [-0.25, -0.2) is 0 Å². The van der Waals surface area contributed by atoms with E-state index in [1.54, 1.807) is 6.82 Å². The van der Waals surface area contributed by atoms with E-state index in [9.17, 15) is 14.4 Å². The highest BCUT2D eigenvalue weighted by molar-refractivity contribution is 6.53. The minimum absolute atomic E-state index is 0.0357. The number of carboxylic acids is 1. The van der Waals surface area contributed by atoms with Crippen LogP contribution in [-0.2, 0) is 19.1 Å². The number of nitrogens with zero attached hydrogens (tertiary/aromatic N) is 2. The van der Waals surface area contributed by atoms with Crippen LogP contribution in [0.1, 0.15) is 132 Å². The van der Waals surface area contributed by atoms with Gasteiger partial charge in [-0.3, -0.25) is 19.3 Å². The number of likely N-dealkylation sites (N-methyl/N-ethyl adjacent to an activating group) is 1. The molecule has 0 heterocycles. The molecule has 288 valence electrons. The van der Waals surface area contributed by atoms with Gasteiger partial charge in [0.05, 0.1) is 12.8 Å². The zero-order valence-corrected chi connectivity index (χ0v) is 34.0. The molecular weight excluding hydrogens is 642 g/mol. The maximum atomic E-state index is 16.1. The fraction of sp³-hybridized carbons (Fsp3) is 0.881. The van der Waals surface area contributed by atoms with Crippen LogP contribution in [-0.4, -0.2) is 85.5 Å². The Morgan fingerprint density at radius 2 is 1.59 bits per heavy atom. The van der Waals surface area contributed by atoms with Crippen LogP contribution in [0.25, 0.3) is 0 Å². The predicted molar refractivity (Wildman–Crippen MR) is 203 cm³/mol. The number of hydrogen-bond acceptors (Lipinski definition) is 6. The summed E-state index contributed by atoms with van der Waals surface area (Å²) >= 11 is 0. The maximum Gasteiger partial charge on any atom is 0.355 e. The van der Waals surface area contributed by atoms with Gasteiger partial charge in [-0.1, -0.05) is 53.9 Å². The van der Waals surface area contributed by atoms with Crippen molar-refractivity contribution in [2.75, 3.05) is 33.7 Å². The van der Waals surface area contributed by atoms with E-state index in [4.69, 9.17) is 9.84 Å². The molecule has 3 unspecified atom stereocenters. The fourth-order valence-corrected chi connectivity index (χ4v) is 13.2. The van der Waals surface area contributed by atoms with Gasteiger partial charge in [0.15, 0.2) is 5.78 Å². The lowest BCUT2D eigenvalue weighted by Gasteiger charge is -2.72. The number of aliphatic carboxylic acids is 1. The molecule has 51 heavy (non-hydrogen) atoms. The van der Waals surface area contributed by atoms with Gasteiger partial charge in [-0.05, 0) is 138 Å². The summed E-state index contributed by atoms with van der Waals surface area (Å²) in [4.78, 5) is 42.9. The van der Waals surface area contributed by atoms with Crippen molar-refractivity contribution in [3.8, 4) is 0 Å². The summed E-state index contributed by atoms with van der Waals surface area (Å²) in [6.45, 7) is 22.1. The Bertz CT molecular complexity index is 1380. The Labute approximate surface area is 309 Å². The molecule has 0 aromatic heterocycles. The van der Waals surface area contributed by atoms with E-state index in [0.29, 0.717) is 36.5 Å². The van der Waals surface area contributed by atoms with E-state index in [-0.39, 0.29) is 46.3 Å². The van der Waals surface area contributed by atoms with Gasteiger partial charge in [-0.15, -0.1) is 0 Å². The van der Waals surface area contributed by atoms with Crippen LogP contribution in [0.3, 0.4) is 0 Å². The van der Waals surface area contributed by atoms with Crippen LogP contribution in [0.2, 0.25) is 12.1 Å². The van der Waals surface area contributed by atoms with Crippen molar-refractivity contribution in [1.29, 1.82) is 0 Å². The molecule has 0 aromatic carbocycles. The number of halogens is 1. The first kappa shape index (κ1) is 40.5. The topological polar surface area (TPSA) is 87.2 Å². The summed E-state index contributed by atoms with van der Waals surface area (Å²) in [5.74, 6) is -0.125. The predicted octanol–water partition coefficient (Wildman–Crippen LogP) is 8.73. The van der Waals surface area contributed by atoms with Crippen LogP contribution in [0.5, 0.6) is 0 Å². The molecule has 0 bridgehead atoms. The molecule has 0 saturated heterocycles. The number of carbonyl (C=O) groups is 3. The van der Waals surface area contributed by atoms with Gasteiger partial charge < -0.3 is 19.1 Å². The average Bonchev–Trinajstić information content (AvgIpc) is 3.33. The molecule has 0 spiro atoms. The highest BCUT2D eigenvalue weighted by Crippen LogP contribution is 2.78. The monoisotopic (exact) mass is 713 g/mol. The fourth-order valence-electron chi connectivity index (χ4n) is 13.2. The van der Waals surface area contributed by atoms with Crippen LogP contribution in [0.15, 0.2) is 11.1 Å². The third kappa shape index (κ3) is 6.69. The summed E-state index contributed by atoms with van der Waals surface area (Å²) < 4.78 is 22.1. The number of carboxylic acid groups (broad SMARTS) is 1. The molecule has 9 heteroatoms. The van der Waals surface area contributed by atoms with Gasteiger partial charge >= 0.3 is 18.9 Å². The lowest BCUT2D eigenvalue weighted by Crippen LogP contribution is -2.66. The number of allylic oxidation sites excluding steroid dienone is 2. The van der Waals surface area contributed by atoms with Crippen LogP contribution in [0.4, 0.5) is 4.32 Å². The number of carbonyl (C=O) groups excluding carboxylic acids is 2. The van der Waals surface area contributed by atoms with Crippen molar-refractivity contribution >= 4 is 24.7 Å². The summed E-state index contributed by atoms with van der Waals surface area (Å²) in [5.41, 5.74) is 2.57. The van der Waals surface area contributed by atoms with Crippen LogP contribution < -0.4 is 0 Å². The van der Waals surface area contributed by atoms with Gasteiger partial charge in [0, 0.05) is 36.3 Å². The molecule has 0 amide bonds. The van der Waals surface area contributed by atoms with Gasteiger partial charge in [0.1, 0.15) is 6.10 Å². The molecule has 4 fully saturated rings. The van der Waals surface area contributed by atoms with Crippen molar-refractivity contribution in [2.45, 2.75) is 157 Å². The Balaban J connectivity index is 1.46. The Kier molecular flexibility index (Phi) is 11.5. The molecule has 0 aliphatic heterocycles. The number of esters is 1. The summed E-state index contributed by atoms with van der Waals surface area (Å²) in [5, 5.41) is 8.28. The highest BCUT2D eigenvalue weighted by atomic mass is 19.1. The molecule has 7 nitrogen and oxygen atoms in total.